The Bertz CT molecular complexity index is 547. The molecule has 0 aliphatic carbocycles. The molecular formula is C9H8N2O4S. The third-order valence-electron chi connectivity index (χ3n) is 2.20. The van der Waals surface area contributed by atoms with Crippen molar-refractivity contribution in [3.63, 3.8) is 0 Å². The summed E-state index contributed by atoms with van der Waals surface area (Å²) < 4.78 is 24.1. The summed E-state index contributed by atoms with van der Waals surface area (Å²) in [5.74, 6) is 0. The maximum absolute atomic E-state index is 11.5. The maximum Gasteiger partial charge on any atom is 0.269 e. The first-order valence-electron chi connectivity index (χ1n) is 4.44. The van der Waals surface area contributed by atoms with E-state index in [-0.39, 0.29) is 12.2 Å². The first-order valence-corrected chi connectivity index (χ1v) is 5.95. The predicted octanol–water partition coefficient (Wildman–Crippen LogP) is 1.26. The standard InChI is InChI=1S/C9H8N2O4S/c12-11(13)9-4-2-8(3-5-9)10-6-1-7-16(10,14)15/h1-5,7H,6H2. The number of non-ortho nitro benzene ring substituents is 1. The molecule has 1 aliphatic rings. The number of anilines is 1. The minimum atomic E-state index is -3.39. The van der Waals surface area contributed by atoms with Crippen LogP contribution in [0.1, 0.15) is 0 Å². The van der Waals surface area contributed by atoms with Crippen molar-refractivity contribution >= 4 is 21.4 Å². The molecule has 1 aromatic rings. The second-order valence-electron chi connectivity index (χ2n) is 3.22. The number of nitro groups is 1. The van der Waals surface area contributed by atoms with Crippen molar-refractivity contribution in [2.75, 3.05) is 10.8 Å². The van der Waals surface area contributed by atoms with Crippen LogP contribution < -0.4 is 4.31 Å². The minimum Gasteiger partial charge on any atom is -0.263 e. The number of hydrogen-bond donors (Lipinski definition) is 0. The van der Waals surface area contributed by atoms with Crippen molar-refractivity contribution in [3.05, 3.63) is 45.9 Å². The molecule has 6 nitrogen and oxygen atoms in total. The van der Waals surface area contributed by atoms with E-state index in [1.54, 1.807) is 0 Å². The van der Waals surface area contributed by atoms with E-state index in [4.69, 9.17) is 0 Å². The molecule has 2 rings (SSSR count). The van der Waals surface area contributed by atoms with E-state index in [9.17, 15) is 18.5 Å². The lowest BCUT2D eigenvalue weighted by molar-refractivity contribution is -0.384. The fourth-order valence-electron chi connectivity index (χ4n) is 1.43. The monoisotopic (exact) mass is 240 g/mol. The highest BCUT2D eigenvalue weighted by Gasteiger charge is 2.23. The van der Waals surface area contributed by atoms with Crippen LogP contribution >= 0.6 is 0 Å². The Balaban J connectivity index is 2.33. The molecule has 0 saturated carbocycles. The van der Waals surface area contributed by atoms with Gasteiger partial charge in [0.25, 0.3) is 15.7 Å². The summed E-state index contributed by atoms with van der Waals surface area (Å²) in [4.78, 5) is 9.89. The van der Waals surface area contributed by atoms with Gasteiger partial charge in [-0.3, -0.25) is 14.4 Å². The molecule has 0 aromatic heterocycles. The van der Waals surface area contributed by atoms with Crippen molar-refractivity contribution in [2.24, 2.45) is 0 Å². The van der Waals surface area contributed by atoms with Crippen LogP contribution in [0.15, 0.2) is 35.7 Å². The topological polar surface area (TPSA) is 80.5 Å². The van der Waals surface area contributed by atoms with Gasteiger partial charge in [-0.05, 0) is 12.1 Å². The molecule has 0 fully saturated rings. The van der Waals surface area contributed by atoms with Crippen LogP contribution in [0.2, 0.25) is 0 Å². The van der Waals surface area contributed by atoms with E-state index < -0.39 is 14.9 Å². The van der Waals surface area contributed by atoms with Gasteiger partial charge in [-0.2, -0.15) is 0 Å². The fraction of sp³-hybridized carbons (Fsp3) is 0.111. The van der Waals surface area contributed by atoms with Gasteiger partial charge < -0.3 is 0 Å². The summed E-state index contributed by atoms with van der Waals surface area (Å²) in [6.45, 7) is 0.264. The molecule has 7 heteroatoms. The molecule has 1 aromatic carbocycles. The van der Waals surface area contributed by atoms with Crippen LogP contribution in [0.3, 0.4) is 0 Å². The number of nitro benzene ring substituents is 1. The summed E-state index contributed by atoms with van der Waals surface area (Å²) >= 11 is 0. The van der Waals surface area contributed by atoms with Crippen molar-refractivity contribution < 1.29 is 13.3 Å². The first-order chi connectivity index (χ1) is 7.50. The Morgan fingerprint density at radius 1 is 1.25 bits per heavy atom. The lowest BCUT2D eigenvalue weighted by Crippen LogP contribution is -2.24. The average molecular weight is 240 g/mol. The van der Waals surface area contributed by atoms with Crippen LogP contribution in [0.5, 0.6) is 0 Å². The van der Waals surface area contributed by atoms with Crippen molar-refractivity contribution in [1.82, 2.24) is 0 Å². The smallest absolute Gasteiger partial charge is 0.263 e. The van der Waals surface area contributed by atoms with Crippen molar-refractivity contribution in [1.29, 1.82) is 0 Å². The van der Waals surface area contributed by atoms with Gasteiger partial charge in [0.15, 0.2) is 0 Å². The zero-order valence-corrected chi connectivity index (χ0v) is 8.92. The average Bonchev–Trinajstić information content (AvgIpc) is 2.58. The molecule has 16 heavy (non-hydrogen) atoms. The third-order valence-corrected chi connectivity index (χ3v) is 3.71. The van der Waals surface area contributed by atoms with Gasteiger partial charge in [0.2, 0.25) is 0 Å². The maximum atomic E-state index is 11.5. The molecule has 0 unspecified atom stereocenters. The zero-order valence-electron chi connectivity index (χ0n) is 8.11. The normalized spacial score (nSPS) is 17.6. The summed E-state index contributed by atoms with van der Waals surface area (Å²) in [5.41, 5.74) is 0.365. The van der Waals surface area contributed by atoms with E-state index in [0.717, 1.165) is 5.41 Å². The van der Waals surface area contributed by atoms with Gasteiger partial charge in [-0.15, -0.1) is 0 Å². The van der Waals surface area contributed by atoms with Crippen LogP contribution in [-0.2, 0) is 10.0 Å². The van der Waals surface area contributed by atoms with Crippen LogP contribution in [0.25, 0.3) is 0 Å². The molecule has 0 bridgehead atoms. The highest BCUT2D eigenvalue weighted by atomic mass is 32.2. The quantitative estimate of drug-likeness (QED) is 0.575. The Hall–Kier alpha value is -1.89. The van der Waals surface area contributed by atoms with Gasteiger partial charge in [-0.1, -0.05) is 6.08 Å². The number of benzene rings is 1. The fourth-order valence-corrected chi connectivity index (χ4v) is 2.62. The minimum absolute atomic E-state index is 0.0618. The Morgan fingerprint density at radius 3 is 2.31 bits per heavy atom. The lowest BCUT2D eigenvalue weighted by atomic mass is 10.3. The van der Waals surface area contributed by atoms with Crippen LogP contribution in [-0.4, -0.2) is 19.9 Å². The lowest BCUT2D eigenvalue weighted by Gasteiger charge is -2.16. The van der Waals surface area contributed by atoms with E-state index in [0.29, 0.717) is 5.69 Å². The summed E-state index contributed by atoms with van der Waals surface area (Å²) in [5, 5.41) is 11.5. The van der Waals surface area contributed by atoms with Gasteiger partial charge in [-0.25, -0.2) is 8.42 Å². The third kappa shape index (κ3) is 1.76. The number of sulfonamides is 1. The zero-order chi connectivity index (χ0) is 11.8. The molecule has 0 atom stereocenters. The van der Waals surface area contributed by atoms with Crippen molar-refractivity contribution in [3.8, 4) is 0 Å². The largest absolute Gasteiger partial charge is 0.269 e. The van der Waals surface area contributed by atoms with Gasteiger partial charge >= 0.3 is 0 Å². The van der Waals surface area contributed by atoms with Crippen LogP contribution in [0, 0.1) is 10.1 Å². The van der Waals surface area contributed by atoms with Gasteiger partial charge in [0.1, 0.15) is 0 Å². The highest BCUT2D eigenvalue weighted by molar-refractivity contribution is 7.95. The summed E-state index contributed by atoms with van der Waals surface area (Å²) in [6, 6.07) is 5.40. The molecule has 0 amide bonds. The molecule has 1 aliphatic heterocycles. The number of hydrogen-bond acceptors (Lipinski definition) is 4. The second-order valence-corrected chi connectivity index (χ2v) is 4.96. The molecule has 0 saturated heterocycles. The SMILES string of the molecule is O=[N+]([O-])c1ccc(N2CC=CS2(=O)=O)cc1. The second kappa shape index (κ2) is 3.60. The van der Waals surface area contributed by atoms with E-state index >= 15 is 0 Å². The van der Waals surface area contributed by atoms with E-state index in [2.05, 4.69) is 0 Å². The van der Waals surface area contributed by atoms with Gasteiger partial charge in [0.05, 0.1) is 17.2 Å². The molecule has 1 heterocycles. The van der Waals surface area contributed by atoms with Gasteiger partial charge in [0, 0.05) is 17.5 Å². The number of nitrogens with zero attached hydrogens (tertiary/aromatic N) is 2. The summed E-state index contributed by atoms with van der Waals surface area (Å²) in [6.07, 6.45) is 1.52. The van der Waals surface area contributed by atoms with Crippen molar-refractivity contribution in [2.45, 2.75) is 0 Å². The molecule has 0 spiro atoms. The molecule has 84 valence electrons. The predicted molar refractivity (Wildman–Crippen MR) is 58.5 cm³/mol. The Morgan fingerprint density at radius 2 is 1.88 bits per heavy atom. The summed E-state index contributed by atoms with van der Waals surface area (Å²) in [7, 11) is -3.39. The highest BCUT2D eigenvalue weighted by Crippen LogP contribution is 2.24. The molecule has 0 radical (unpaired) electrons. The Labute approximate surface area is 92.0 Å². The first kappa shape index (κ1) is 10.6. The number of rotatable bonds is 2. The van der Waals surface area contributed by atoms with Crippen LogP contribution in [0.4, 0.5) is 11.4 Å². The van der Waals surface area contributed by atoms with E-state index in [1.165, 1.54) is 34.6 Å². The Kier molecular flexibility index (Phi) is 2.39. The molecule has 0 N–H and O–H groups in total. The molecular weight excluding hydrogens is 232 g/mol. The van der Waals surface area contributed by atoms with E-state index in [1.807, 2.05) is 0 Å².